The van der Waals surface area contributed by atoms with E-state index in [9.17, 15) is 4.79 Å². The third kappa shape index (κ3) is 14.4. The highest BCUT2D eigenvalue weighted by atomic mass is 31.2. The molecule has 0 aliphatic heterocycles. The summed E-state index contributed by atoms with van der Waals surface area (Å²) in [6, 6.07) is 19.9. The minimum absolute atomic E-state index is 0.265. The molecule has 0 aromatic heterocycles. The predicted octanol–water partition coefficient (Wildman–Crippen LogP) is 7.46. The predicted molar refractivity (Wildman–Crippen MR) is 142 cm³/mol. The van der Waals surface area contributed by atoms with E-state index in [0.29, 0.717) is 32.8 Å². The van der Waals surface area contributed by atoms with Crippen LogP contribution < -0.4 is 0 Å². The number of rotatable bonds is 14. The molecule has 6 nitrogen and oxygen atoms in total. The molecule has 0 fully saturated rings. The molecule has 0 aliphatic carbocycles. The van der Waals surface area contributed by atoms with Gasteiger partial charge in [-0.25, -0.2) is 0 Å². The van der Waals surface area contributed by atoms with E-state index in [0.717, 1.165) is 11.1 Å². The molecule has 0 unspecified atom stereocenters. The van der Waals surface area contributed by atoms with Crippen molar-refractivity contribution in [2.24, 2.45) is 5.41 Å². The van der Waals surface area contributed by atoms with Crippen molar-refractivity contribution in [1.82, 2.24) is 0 Å². The maximum absolute atomic E-state index is 12.3. The average Bonchev–Trinajstić information content (AvgIpc) is 2.84. The highest BCUT2D eigenvalue weighted by Gasteiger charge is 2.32. The van der Waals surface area contributed by atoms with E-state index in [1.165, 1.54) is 0 Å². The lowest BCUT2D eigenvalue weighted by Crippen LogP contribution is -2.37. The lowest BCUT2D eigenvalue weighted by Gasteiger charge is -2.28. The Bertz CT molecular complexity index is 762. The van der Waals surface area contributed by atoms with Crippen LogP contribution in [0.5, 0.6) is 0 Å². The summed E-state index contributed by atoms with van der Waals surface area (Å²) in [4.78, 5) is 12.3. The minimum atomic E-state index is -1.51. The first-order valence-electron chi connectivity index (χ1n) is 12.2. The van der Waals surface area contributed by atoms with E-state index in [1.807, 2.05) is 109 Å². The molecule has 35 heavy (non-hydrogen) atoms. The van der Waals surface area contributed by atoms with Crippen LogP contribution in [0.3, 0.4) is 0 Å². The van der Waals surface area contributed by atoms with Crippen LogP contribution in [-0.4, -0.2) is 31.4 Å². The van der Waals surface area contributed by atoms with Crippen LogP contribution in [0.15, 0.2) is 60.7 Å². The molecule has 2 aromatic rings. The van der Waals surface area contributed by atoms with Crippen molar-refractivity contribution in [3.05, 3.63) is 71.8 Å². The third-order valence-corrected chi connectivity index (χ3v) is 5.48. The average molecular weight is 507 g/mol. The first-order valence-corrected chi connectivity index (χ1v) is 13.3. The van der Waals surface area contributed by atoms with Gasteiger partial charge in [-0.1, -0.05) is 74.5 Å². The molecule has 0 aliphatic rings. The fourth-order valence-electron chi connectivity index (χ4n) is 2.62. The van der Waals surface area contributed by atoms with Crippen molar-refractivity contribution in [1.29, 1.82) is 0 Å². The van der Waals surface area contributed by atoms with Crippen molar-refractivity contribution in [2.75, 3.05) is 19.8 Å². The second-order valence-electron chi connectivity index (χ2n) is 9.37. The van der Waals surface area contributed by atoms with Gasteiger partial charge < -0.3 is 23.0 Å². The summed E-state index contributed by atoms with van der Waals surface area (Å²) in [5.74, 6) is -0.265. The minimum Gasteiger partial charge on any atom is -0.459 e. The molecule has 2 aromatic carbocycles. The van der Waals surface area contributed by atoms with E-state index in [-0.39, 0.29) is 12.6 Å². The Kier molecular flexibility index (Phi) is 15.0. The summed E-state index contributed by atoms with van der Waals surface area (Å²) in [7, 11) is -1.51. The highest BCUT2D eigenvalue weighted by Crippen LogP contribution is 2.41. The monoisotopic (exact) mass is 506 g/mol. The molecule has 7 heteroatoms. The topological polar surface area (TPSA) is 63.2 Å². The van der Waals surface area contributed by atoms with Crippen LogP contribution >= 0.6 is 8.60 Å². The summed E-state index contributed by atoms with van der Waals surface area (Å²) < 4.78 is 28.9. The fraction of sp³-hybridized carbons (Fsp3) is 0.536. The summed E-state index contributed by atoms with van der Waals surface area (Å²) in [5, 5.41) is 0. The van der Waals surface area contributed by atoms with Gasteiger partial charge in [-0.05, 0) is 52.2 Å². The van der Waals surface area contributed by atoms with Gasteiger partial charge in [0.2, 0.25) is 0 Å². The van der Waals surface area contributed by atoms with Gasteiger partial charge >= 0.3 is 14.6 Å². The first kappa shape index (κ1) is 31.2. The van der Waals surface area contributed by atoms with Crippen molar-refractivity contribution >= 4 is 14.6 Å². The van der Waals surface area contributed by atoms with Crippen LogP contribution in [0, 0.1) is 5.41 Å². The molecular formula is C28H43O6P. The molecule has 0 atom stereocenters. The number of hydrogen-bond donors (Lipinski definition) is 0. The highest BCUT2D eigenvalue weighted by molar-refractivity contribution is 7.41. The molecule has 0 bridgehead atoms. The molecule has 0 saturated heterocycles. The van der Waals surface area contributed by atoms with Gasteiger partial charge in [-0.3, -0.25) is 4.79 Å². The Morgan fingerprint density at radius 2 is 1.23 bits per heavy atom. The Morgan fingerprint density at radius 3 is 1.69 bits per heavy atom. The van der Waals surface area contributed by atoms with Crippen LogP contribution in [0.1, 0.15) is 66.0 Å². The number of benzene rings is 2. The second-order valence-corrected chi connectivity index (χ2v) is 10.6. The van der Waals surface area contributed by atoms with E-state index >= 15 is 0 Å². The van der Waals surface area contributed by atoms with Gasteiger partial charge in [0.05, 0.1) is 31.8 Å². The zero-order valence-corrected chi connectivity index (χ0v) is 23.3. The smallest absolute Gasteiger partial charge is 0.333 e. The first-order chi connectivity index (χ1) is 16.7. The van der Waals surface area contributed by atoms with Crippen LogP contribution in [0.4, 0.5) is 0 Å². The van der Waals surface area contributed by atoms with Gasteiger partial charge in [-0.2, -0.15) is 0 Å². The van der Waals surface area contributed by atoms with E-state index in [4.69, 9.17) is 23.0 Å². The van der Waals surface area contributed by atoms with Gasteiger partial charge in [0.1, 0.15) is 5.60 Å². The number of hydrogen-bond acceptors (Lipinski definition) is 6. The van der Waals surface area contributed by atoms with Crippen LogP contribution in [0.2, 0.25) is 0 Å². The SMILES string of the molecule is CC.CC(C)(C)OC(=O)C(C)(C)COCCCOP(OCc1ccccc1)OCc1ccccc1. The normalized spacial score (nSPS) is 11.7. The van der Waals surface area contributed by atoms with Crippen LogP contribution in [-0.2, 0) is 41.1 Å². The van der Waals surface area contributed by atoms with Crippen LogP contribution in [0.25, 0.3) is 0 Å². The van der Waals surface area contributed by atoms with Crippen molar-refractivity contribution in [2.45, 2.75) is 73.7 Å². The Labute approximate surface area is 213 Å². The lowest BCUT2D eigenvalue weighted by molar-refractivity contribution is -0.169. The summed E-state index contributed by atoms with van der Waals surface area (Å²) in [6.45, 7) is 15.2. The van der Waals surface area contributed by atoms with Gasteiger partial charge in [-0.15, -0.1) is 0 Å². The molecular weight excluding hydrogens is 463 g/mol. The number of carbonyl (C=O) groups excluding carboxylic acids is 1. The van der Waals surface area contributed by atoms with Gasteiger partial charge in [0.15, 0.2) is 0 Å². The maximum atomic E-state index is 12.3. The summed E-state index contributed by atoms with van der Waals surface area (Å²) in [6.07, 6.45) is 0.659. The zero-order chi connectivity index (χ0) is 26.2. The van der Waals surface area contributed by atoms with Crippen molar-refractivity contribution in [3.8, 4) is 0 Å². The number of esters is 1. The summed E-state index contributed by atoms with van der Waals surface area (Å²) >= 11 is 0. The Hall–Kier alpha value is -1.82. The van der Waals surface area contributed by atoms with Gasteiger partial charge in [0, 0.05) is 6.61 Å². The summed E-state index contributed by atoms with van der Waals surface area (Å²) in [5.41, 5.74) is 0.895. The van der Waals surface area contributed by atoms with Crippen molar-refractivity contribution in [3.63, 3.8) is 0 Å². The van der Waals surface area contributed by atoms with E-state index < -0.39 is 19.6 Å². The van der Waals surface area contributed by atoms with E-state index in [1.54, 1.807) is 0 Å². The number of ether oxygens (including phenoxy) is 2. The fourth-order valence-corrected chi connectivity index (χ4v) is 3.63. The Morgan fingerprint density at radius 1 is 0.743 bits per heavy atom. The molecule has 196 valence electrons. The molecule has 0 amide bonds. The molecule has 0 spiro atoms. The van der Waals surface area contributed by atoms with Crippen molar-refractivity contribution < 1.29 is 27.8 Å². The zero-order valence-electron chi connectivity index (χ0n) is 22.4. The molecule has 0 N–H and O–H groups in total. The lowest BCUT2D eigenvalue weighted by atomic mass is 9.94. The third-order valence-electron chi connectivity index (χ3n) is 4.40. The number of carbonyl (C=O) groups is 1. The second kappa shape index (κ2) is 16.8. The molecule has 0 saturated carbocycles. The quantitative estimate of drug-likeness (QED) is 0.150. The largest absolute Gasteiger partial charge is 0.459 e. The molecule has 0 radical (unpaired) electrons. The van der Waals surface area contributed by atoms with E-state index in [2.05, 4.69) is 0 Å². The molecule has 0 heterocycles. The maximum Gasteiger partial charge on any atom is 0.333 e. The Balaban J connectivity index is 0.00000298. The molecule has 2 rings (SSSR count). The standard InChI is InChI=1S/C26H37O6P.C2H6/c1-25(2,3)32-24(27)26(4,5)21-28-17-12-18-29-33(30-19-22-13-8-6-9-14-22)31-20-23-15-10-7-11-16-23;1-2/h6-11,13-16H,12,17-21H2,1-5H3;1-2H3. The van der Waals surface area contributed by atoms with Gasteiger partial charge in [0.25, 0.3) is 0 Å².